The number of hydrogen-bond acceptors (Lipinski definition) is 5. The fourth-order valence-corrected chi connectivity index (χ4v) is 2.72. The molecule has 6 nitrogen and oxygen atoms in total. The maximum atomic E-state index is 12.5. The lowest BCUT2D eigenvalue weighted by molar-refractivity contribution is 0.0301. The zero-order chi connectivity index (χ0) is 13.1. The molecule has 2 fully saturated rings. The number of nitrogens with zero attached hydrogens (tertiary/aromatic N) is 2. The number of hydrogen-bond donors (Lipinski definition) is 1. The molecule has 0 aromatic carbocycles. The minimum Gasteiger partial charge on any atom is -0.378 e. The molecule has 3 heterocycles. The lowest BCUT2D eigenvalue weighted by atomic mass is 9.93. The van der Waals surface area contributed by atoms with E-state index in [2.05, 4.69) is 10.5 Å². The Bertz CT molecular complexity index is 434. The second kappa shape index (κ2) is 5.71. The molecule has 1 N–H and O–H groups in total. The van der Waals surface area contributed by atoms with Crippen molar-refractivity contribution in [3.63, 3.8) is 0 Å². The number of ether oxygens (including phenoxy) is 1. The van der Waals surface area contributed by atoms with E-state index in [0.717, 1.165) is 31.6 Å². The van der Waals surface area contributed by atoms with E-state index >= 15 is 0 Å². The smallest absolute Gasteiger partial charge is 0.259 e. The number of aromatic nitrogens is 1. The first-order valence-electron chi connectivity index (χ1n) is 6.88. The number of carbonyl (C=O) groups is 1. The van der Waals surface area contributed by atoms with Crippen LogP contribution in [0.1, 0.15) is 34.8 Å². The van der Waals surface area contributed by atoms with Crippen molar-refractivity contribution >= 4 is 5.91 Å². The van der Waals surface area contributed by atoms with Crippen LogP contribution in [0.3, 0.4) is 0 Å². The molecule has 1 aromatic heterocycles. The van der Waals surface area contributed by atoms with Gasteiger partial charge in [-0.05, 0) is 19.4 Å². The van der Waals surface area contributed by atoms with Crippen LogP contribution >= 0.6 is 0 Å². The Morgan fingerprint density at radius 3 is 3.00 bits per heavy atom. The molecule has 0 saturated carbocycles. The van der Waals surface area contributed by atoms with Crippen molar-refractivity contribution in [1.29, 1.82) is 0 Å². The van der Waals surface area contributed by atoms with E-state index in [9.17, 15) is 4.79 Å². The molecule has 0 radical (unpaired) electrons. The van der Waals surface area contributed by atoms with E-state index in [1.165, 1.54) is 6.26 Å². The highest BCUT2D eigenvalue weighted by molar-refractivity contribution is 5.95. The van der Waals surface area contributed by atoms with Crippen LogP contribution in [0, 0.1) is 0 Å². The van der Waals surface area contributed by atoms with Crippen LogP contribution in [-0.4, -0.2) is 55.4 Å². The highest BCUT2D eigenvalue weighted by Crippen LogP contribution is 2.26. The Morgan fingerprint density at radius 2 is 2.26 bits per heavy atom. The van der Waals surface area contributed by atoms with Crippen LogP contribution in [0.15, 0.2) is 10.8 Å². The van der Waals surface area contributed by atoms with Crippen molar-refractivity contribution in [3.05, 3.63) is 17.5 Å². The molecule has 1 atom stereocenters. The second-order valence-electron chi connectivity index (χ2n) is 5.06. The first kappa shape index (κ1) is 12.6. The number of carbonyl (C=O) groups excluding carboxylic acids is 1. The van der Waals surface area contributed by atoms with Crippen molar-refractivity contribution in [3.8, 4) is 0 Å². The summed E-state index contributed by atoms with van der Waals surface area (Å²) in [5, 5.41) is 7.40. The molecule has 2 aliphatic heterocycles. The van der Waals surface area contributed by atoms with Crippen molar-refractivity contribution in [2.75, 3.05) is 39.4 Å². The van der Waals surface area contributed by atoms with Gasteiger partial charge in [0.2, 0.25) is 0 Å². The van der Waals surface area contributed by atoms with E-state index < -0.39 is 0 Å². The molecular weight excluding hydrogens is 246 g/mol. The van der Waals surface area contributed by atoms with Gasteiger partial charge in [0, 0.05) is 25.6 Å². The SMILES string of the molecule is O=C(c1conc1C1CCCNC1)N1CCOCC1. The molecule has 1 aromatic rings. The minimum atomic E-state index is 0.0186. The van der Waals surface area contributed by atoms with E-state index in [1.54, 1.807) is 0 Å². The van der Waals surface area contributed by atoms with Gasteiger partial charge in [-0.2, -0.15) is 0 Å². The largest absolute Gasteiger partial charge is 0.378 e. The van der Waals surface area contributed by atoms with Gasteiger partial charge in [-0.15, -0.1) is 0 Å². The third-order valence-corrected chi connectivity index (χ3v) is 3.81. The molecule has 1 unspecified atom stereocenters. The van der Waals surface area contributed by atoms with Crippen LogP contribution in [0.5, 0.6) is 0 Å². The fraction of sp³-hybridized carbons (Fsp3) is 0.692. The Balaban J connectivity index is 1.76. The van der Waals surface area contributed by atoms with Gasteiger partial charge < -0.3 is 19.5 Å². The van der Waals surface area contributed by atoms with Gasteiger partial charge in [0.1, 0.15) is 17.5 Å². The molecule has 3 rings (SSSR count). The monoisotopic (exact) mass is 265 g/mol. The van der Waals surface area contributed by atoms with Gasteiger partial charge in [0.15, 0.2) is 0 Å². The Hall–Kier alpha value is -1.40. The Kier molecular flexibility index (Phi) is 3.79. The molecular formula is C13H19N3O3. The number of nitrogens with one attached hydrogen (secondary N) is 1. The summed E-state index contributed by atoms with van der Waals surface area (Å²) in [6.45, 7) is 4.42. The summed E-state index contributed by atoms with van der Waals surface area (Å²) in [6, 6.07) is 0. The molecule has 6 heteroatoms. The Morgan fingerprint density at radius 1 is 1.42 bits per heavy atom. The zero-order valence-electron chi connectivity index (χ0n) is 10.9. The Labute approximate surface area is 112 Å². The molecule has 19 heavy (non-hydrogen) atoms. The van der Waals surface area contributed by atoms with Crippen molar-refractivity contribution in [1.82, 2.24) is 15.4 Å². The van der Waals surface area contributed by atoms with E-state index in [0.29, 0.717) is 31.9 Å². The maximum Gasteiger partial charge on any atom is 0.259 e. The molecule has 104 valence electrons. The molecule has 2 saturated heterocycles. The third-order valence-electron chi connectivity index (χ3n) is 3.81. The quantitative estimate of drug-likeness (QED) is 0.848. The van der Waals surface area contributed by atoms with Gasteiger partial charge in [0.25, 0.3) is 5.91 Å². The second-order valence-corrected chi connectivity index (χ2v) is 5.06. The summed E-state index contributed by atoms with van der Waals surface area (Å²) in [4.78, 5) is 14.3. The van der Waals surface area contributed by atoms with Crippen molar-refractivity contribution in [2.45, 2.75) is 18.8 Å². The van der Waals surface area contributed by atoms with Crippen LogP contribution < -0.4 is 5.32 Å². The minimum absolute atomic E-state index is 0.0186. The van der Waals surface area contributed by atoms with Crippen LogP contribution in [0.2, 0.25) is 0 Å². The highest BCUT2D eigenvalue weighted by atomic mass is 16.5. The van der Waals surface area contributed by atoms with Crippen LogP contribution in [0.25, 0.3) is 0 Å². The standard InChI is InChI=1S/C13H19N3O3/c17-13(16-4-6-18-7-5-16)11-9-19-15-12(11)10-2-1-3-14-8-10/h9-10,14H,1-8H2. The zero-order valence-corrected chi connectivity index (χ0v) is 10.9. The number of amides is 1. The summed E-state index contributed by atoms with van der Waals surface area (Å²) in [6.07, 6.45) is 3.66. The average Bonchev–Trinajstić information content (AvgIpc) is 2.98. The van der Waals surface area contributed by atoms with Gasteiger partial charge in [-0.1, -0.05) is 5.16 Å². The summed E-state index contributed by atoms with van der Waals surface area (Å²) in [5.74, 6) is 0.303. The number of rotatable bonds is 2. The molecule has 1 amide bonds. The van der Waals surface area contributed by atoms with E-state index in [4.69, 9.17) is 9.26 Å². The fourth-order valence-electron chi connectivity index (χ4n) is 2.72. The van der Waals surface area contributed by atoms with Gasteiger partial charge in [-0.25, -0.2) is 0 Å². The average molecular weight is 265 g/mol. The highest BCUT2D eigenvalue weighted by Gasteiger charge is 2.28. The van der Waals surface area contributed by atoms with Gasteiger partial charge >= 0.3 is 0 Å². The lowest BCUT2D eigenvalue weighted by Crippen LogP contribution is -2.41. The topological polar surface area (TPSA) is 67.6 Å². The maximum absolute atomic E-state index is 12.5. The summed E-state index contributed by atoms with van der Waals surface area (Å²) < 4.78 is 10.3. The van der Waals surface area contributed by atoms with Crippen molar-refractivity contribution < 1.29 is 14.1 Å². The molecule has 0 bridgehead atoms. The summed E-state index contributed by atoms with van der Waals surface area (Å²) in [7, 11) is 0. The van der Waals surface area contributed by atoms with Gasteiger partial charge in [-0.3, -0.25) is 4.79 Å². The van der Waals surface area contributed by atoms with Crippen LogP contribution in [-0.2, 0) is 4.74 Å². The predicted octanol–water partition coefficient (Wildman–Crippen LogP) is 0.614. The molecule has 2 aliphatic rings. The van der Waals surface area contributed by atoms with E-state index in [1.807, 2.05) is 4.90 Å². The first-order chi connectivity index (χ1) is 9.36. The molecule has 0 aliphatic carbocycles. The van der Waals surface area contributed by atoms with Gasteiger partial charge in [0.05, 0.1) is 13.2 Å². The lowest BCUT2D eigenvalue weighted by Gasteiger charge is -2.27. The third kappa shape index (κ3) is 2.64. The number of morpholine rings is 1. The predicted molar refractivity (Wildman–Crippen MR) is 68.1 cm³/mol. The summed E-state index contributed by atoms with van der Waals surface area (Å²) >= 11 is 0. The van der Waals surface area contributed by atoms with E-state index in [-0.39, 0.29) is 11.8 Å². The van der Waals surface area contributed by atoms with Crippen molar-refractivity contribution in [2.24, 2.45) is 0 Å². The molecule has 0 spiro atoms. The van der Waals surface area contributed by atoms with Crippen LogP contribution in [0.4, 0.5) is 0 Å². The normalized spacial score (nSPS) is 24.4. The first-order valence-corrected chi connectivity index (χ1v) is 6.88. The summed E-state index contributed by atoms with van der Waals surface area (Å²) in [5.41, 5.74) is 1.43. The number of piperidine rings is 1.